The molecule has 1 aromatic heterocycles. The van der Waals surface area contributed by atoms with E-state index in [-0.39, 0.29) is 0 Å². The summed E-state index contributed by atoms with van der Waals surface area (Å²) < 4.78 is 12.2. The van der Waals surface area contributed by atoms with Gasteiger partial charge < -0.3 is 0 Å². The van der Waals surface area contributed by atoms with E-state index in [0.29, 0.717) is 5.69 Å². The molecule has 1 heterocycles. The lowest BCUT2D eigenvalue weighted by Crippen LogP contribution is -1.85. The second kappa shape index (κ2) is 2.35. The summed E-state index contributed by atoms with van der Waals surface area (Å²) in [5.74, 6) is -0.528. The molecule has 1 aromatic rings. The molecule has 0 saturated heterocycles. The first-order valence-electron chi connectivity index (χ1n) is 2.43. The third kappa shape index (κ3) is 1.32. The zero-order chi connectivity index (χ0) is 6.69. The van der Waals surface area contributed by atoms with Crippen LogP contribution in [0.15, 0.2) is 19.0 Å². The molecule has 0 atom stereocenters. The highest BCUT2D eigenvalue weighted by atomic mass is 19.1. The summed E-state index contributed by atoms with van der Waals surface area (Å²) >= 11 is 0. The molecule has 0 saturated carbocycles. The molecule has 0 aromatic carbocycles. The van der Waals surface area contributed by atoms with Gasteiger partial charge in [-0.15, -0.1) is 0 Å². The molecule has 0 spiro atoms. The van der Waals surface area contributed by atoms with Crippen molar-refractivity contribution in [3.8, 4) is 0 Å². The molecular formula is C6H5FN2. The fourth-order valence-electron chi connectivity index (χ4n) is 0.459. The highest BCUT2D eigenvalue weighted by Crippen LogP contribution is 1.95. The summed E-state index contributed by atoms with van der Waals surface area (Å²) in [5, 5.41) is 0. The van der Waals surface area contributed by atoms with E-state index in [2.05, 4.69) is 16.5 Å². The number of aromatic nitrogens is 2. The van der Waals surface area contributed by atoms with Crippen LogP contribution in [0.5, 0.6) is 0 Å². The molecule has 0 N–H and O–H groups in total. The average molecular weight is 124 g/mol. The van der Waals surface area contributed by atoms with Crippen LogP contribution in [-0.2, 0) is 0 Å². The lowest BCUT2D eigenvalue weighted by atomic mass is 10.4. The summed E-state index contributed by atoms with van der Waals surface area (Å²) in [6, 6.07) is 1.22. The maximum atomic E-state index is 12.2. The zero-order valence-electron chi connectivity index (χ0n) is 4.71. The van der Waals surface area contributed by atoms with Gasteiger partial charge in [-0.2, -0.15) is 4.39 Å². The minimum Gasteiger partial charge on any atom is -0.237 e. The monoisotopic (exact) mass is 124 g/mol. The number of hydrogen-bond donors (Lipinski definition) is 0. The summed E-state index contributed by atoms with van der Waals surface area (Å²) in [5.41, 5.74) is 0.502. The van der Waals surface area contributed by atoms with Gasteiger partial charge in [0.15, 0.2) is 0 Å². The first-order valence-corrected chi connectivity index (χ1v) is 2.43. The van der Waals surface area contributed by atoms with Crippen molar-refractivity contribution >= 4 is 6.08 Å². The lowest BCUT2D eigenvalue weighted by Gasteiger charge is -1.87. The molecule has 0 fully saturated rings. The van der Waals surface area contributed by atoms with Gasteiger partial charge in [-0.3, -0.25) is 0 Å². The second-order valence-corrected chi connectivity index (χ2v) is 1.47. The third-order valence-corrected chi connectivity index (χ3v) is 0.864. The molecule has 0 unspecified atom stereocenters. The van der Waals surface area contributed by atoms with Gasteiger partial charge in [0.25, 0.3) is 0 Å². The van der Waals surface area contributed by atoms with E-state index in [9.17, 15) is 4.39 Å². The van der Waals surface area contributed by atoms with Crippen molar-refractivity contribution in [2.24, 2.45) is 0 Å². The van der Waals surface area contributed by atoms with Gasteiger partial charge in [0.2, 0.25) is 5.95 Å². The second-order valence-electron chi connectivity index (χ2n) is 1.47. The maximum absolute atomic E-state index is 12.2. The quantitative estimate of drug-likeness (QED) is 0.526. The Bertz CT molecular complexity index is 222. The molecular weight excluding hydrogens is 119 g/mol. The van der Waals surface area contributed by atoms with Crippen LogP contribution in [0, 0.1) is 5.95 Å². The molecule has 0 aliphatic carbocycles. The normalized spacial score (nSPS) is 9.00. The molecule has 2 nitrogen and oxygen atoms in total. The van der Waals surface area contributed by atoms with Crippen molar-refractivity contribution in [2.75, 3.05) is 0 Å². The van der Waals surface area contributed by atoms with E-state index in [0.717, 1.165) is 6.33 Å². The highest BCUT2D eigenvalue weighted by Gasteiger charge is 1.89. The van der Waals surface area contributed by atoms with Crippen LogP contribution in [0.3, 0.4) is 0 Å². The number of hydrogen-bond acceptors (Lipinski definition) is 2. The van der Waals surface area contributed by atoms with Crippen molar-refractivity contribution in [3.05, 3.63) is 30.6 Å². The van der Waals surface area contributed by atoms with Crippen molar-refractivity contribution in [1.29, 1.82) is 0 Å². The number of rotatable bonds is 1. The summed E-state index contributed by atoms with van der Waals surface area (Å²) in [4.78, 5) is 6.95. The topological polar surface area (TPSA) is 25.8 Å². The van der Waals surface area contributed by atoms with Gasteiger partial charge in [-0.05, 0) is 6.08 Å². The minimum atomic E-state index is -0.528. The van der Waals surface area contributed by atoms with Gasteiger partial charge in [0.05, 0.1) is 5.69 Å². The van der Waals surface area contributed by atoms with Crippen molar-refractivity contribution in [1.82, 2.24) is 9.97 Å². The van der Waals surface area contributed by atoms with Crippen LogP contribution in [-0.4, -0.2) is 9.97 Å². The van der Waals surface area contributed by atoms with Crippen LogP contribution < -0.4 is 0 Å². The van der Waals surface area contributed by atoms with Gasteiger partial charge in [-0.25, -0.2) is 9.97 Å². The fourth-order valence-corrected chi connectivity index (χ4v) is 0.459. The van der Waals surface area contributed by atoms with Crippen molar-refractivity contribution in [2.45, 2.75) is 0 Å². The molecule has 3 heteroatoms. The predicted molar refractivity (Wildman–Crippen MR) is 32.1 cm³/mol. The van der Waals surface area contributed by atoms with E-state index in [1.165, 1.54) is 12.1 Å². The van der Waals surface area contributed by atoms with E-state index in [4.69, 9.17) is 0 Å². The van der Waals surface area contributed by atoms with Gasteiger partial charge >= 0.3 is 0 Å². The molecule has 0 amide bonds. The Morgan fingerprint density at radius 1 is 1.56 bits per heavy atom. The predicted octanol–water partition coefficient (Wildman–Crippen LogP) is 1.26. The summed E-state index contributed by atoms with van der Waals surface area (Å²) in [7, 11) is 0. The first kappa shape index (κ1) is 5.88. The maximum Gasteiger partial charge on any atom is 0.216 e. The number of halogens is 1. The Labute approximate surface area is 52.1 Å². The largest absolute Gasteiger partial charge is 0.237 e. The Hall–Kier alpha value is -1.25. The minimum absolute atomic E-state index is 0.502. The average Bonchev–Trinajstić information content (AvgIpc) is 1.88. The van der Waals surface area contributed by atoms with Crippen molar-refractivity contribution in [3.63, 3.8) is 0 Å². The summed E-state index contributed by atoms with van der Waals surface area (Å²) in [6.07, 6.45) is 2.62. The Kier molecular flexibility index (Phi) is 1.53. The van der Waals surface area contributed by atoms with Crippen LogP contribution in [0.25, 0.3) is 6.08 Å². The van der Waals surface area contributed by atoms with Gasteiger partial charge in [0.1, 0.15) is 6.33 Å². The van der Waals surface area contributed by atoms with Crippen LogP contribution in [0.4, 0.5) is 4.39 Å². The van der Waals surface area contributed by atoms with Crippen LogP contribution >= 0.6 is 0 Å². The Morgan fingerprint density at radius 3 is 2.78 bits per heavy atom. The first-order chi connectivity index (χ1) is 4.33. The van der Waals surface area contributed by atoms with E-state index < -0.39 is 5.95 Å². The lowest BCUT2D eigenvalue weighted by molar-refractivity contribution is 0.579. The van der Waals surface area contributed by atoms with Gasteiger partial charge in [0, 0.05) is 6.07 Å². The molecule has 0 radical (unpaired) electrons. The Balaban J connectivity index is 3.07. The number of nitrogens with zero attached hydrogens (tertiary/aromatic N) is 2. The van der Waals surface area contributed by atoms with Crippen LogP contribution in [0.2, 0.25) is 0 Å². The smallest absolute Gasteiger partial charge is 0.216 e. The van der Waals surface area contributed by atoms with E-state index in [1.807, 2.05) is 0 Å². The molecule has 9 heavy (non-hydrogen) atoms. The highest BCUT2D eigenvalue weighted by molar-refractivity contribution is 5.39. The molecule has 0 aliphatic rings. The molecule has 0 bridgehead atoms. The zero-order valence-corrected chi connectivity index (χ0v) is 4.71. The summed E-state index contributed by atoms with van der Waals surface area (Å²) in [6.45, 7) is 3.42. The standard InChI is InChI=1S/C6H5FN2/c1-2-5-3-6(7)9-4-8-5/h2-4H,1H2. The third-order valence-electron chi connectivity index (χ3n) is 0.864. The molecule has 1 rings (SSSR count). The van der Waals surface area contributed by atoms with Crippen molar-refractivity contribution < 1.29 is 4.39 Å². The van der Waals surface area contributed by atoms with Gasteiger partial charge in [-0.1, -0.05) is 6.58 Å². The van der Waals surface area contributed by atoms with E-state index >= 15 is 0 Å². The molecule has 46 valence electrons. The van der Waals surface area contributed by atoms with Crippen LogP contribution in [0.1, 0.15) is 5.69 Å². The Morgan fingerprint density at radius 2 is 2.33 bits per heavy atom. The SMILES string of the molecule is C=Cc1cc(F)ncn1. The molecule has 0 aliphatic heterocycles. The van der Waals surface area contributed by atoms with E-state index in [1.54, 1.807) is 0 Å². The fraction of sp³-hybridized carbons (Fsp3) is 0.